The fourth-order valence-corrected chi connectivity index (χ4v) is 5.16. The molecule has 0 radical (unpaired) electrons. The number of halogens is 2. The van der Waals surface area contributed by atoms with Gasteiger partial charge in [-0.2, -0.15) is 5.10 Å². The van der Waals surface area contributed by atoms with Crippen LogP contribution in [0, 0.1) is 18.8 Å². The summed E-state index contributed by atoms with van der Waals surface area (Å²) in [4.78, 5) is 30.3. The quantitative estimate of drug-likeness (QED) is 0.311. The molecule has 208 valence electrons. The lowest BCUT2D eigenvalue weighted by atomic mass is 9.91. The van der Waals surface area contributed by atoms with Gasteiger partial charge in [0.05, 0.1) is 28.9 Å². The molecule has 2 fully saturated rings. The first-order valence-electron chi connectivity index (χ1n) is 13.1. The SMILES string of the molecule is C#C.CC1CCCCC1.CF.Cn1c(N2CCCC2)nc2cc(-c3n[nH]c(=O)[nH]3)nc(-c3cncc(Cl)c3)c21. The zero-order valence-electron chi connectivity index (χ0n) is 22.8. The van der Waals surface area contributed by atoms with Gasteiger partial charge in [0.25, 0.3) is 0 Å². The van der Waals surface area contributed by atoms with Crippen LogP contribution in [0.25, 0.3) is 33.8 Å². The fraction of sp³-hybridized carbons (Fsp3) is 0.464. The van der Waals surface area contributed by atoms with E-state index in [9.17, 15) is 9.18 Å². The Morgan fingerprint density at radius 3 is 2.28 bits per heavy atom. The molecule has 1 saturated carbocycles. The Balaban J connectivity index is 0.000000326. The van der Waals surface area contributed by atoms with Crippen LogP contribution < -0.4 is 10.6 Å². The zero-order valence-corrected chi connectivity index (χ0v) is 23.5. The Kier molecular flexibility index (Phi) is 11.1. The number of imidazole rings is 1. The van der Waals surface area contributed by atoms with Crippen LogP contribution in [0.3, 0.4) is 0 Å². The van der Waals surface area contributed by atoms with Gasteiger partial charge in [0.15, 0.2) is 5.82 Å². The molecule has 1 aliphatic carbocycles. The summed E-state index contributed by atoms with van der Waals surface area (Å²) in [6, 6.07) is 3.65. The lowest BCUT2D eigenvalue weighted by Crippen LogP contribution is -2.21. The van der Waals surface area contributed by atoms with E-state index in [0.717, 1.165) is 54.4 Å². The number of pyridine rings is 2. The summed E-state index contributed by atoms with van der Waals surface area (Å²) in [6.45, 7) is 4.33. The summed E-state index contributed by atoms with van der Waals surface area (Å²) in [7, 11) is 2.49. The van der Waals surface area contributed by atoms with Crippen molar-refractivity contribution in [2.45, 2.75) is 51.9 Å². The third-order valence-electron chi connectivity index (χ3n) is 6.83. The van der Waals surface area contributed by atoms with Crippen molar-refractivity contribution in [3.8, 4) is 35.6 Å². The van der Waals surface area contributed by atoms with Crippen molar-refractivity contribution in [2.75, 3.05) is 25.2 Å². The molecule has 1 saturated heterocycles. The van der Waals surface area contributed by atoms with E-state index in [4.69, 9.17) is 21.6 Å². The predicted molar refractivity (Wildman–Crippen MR) is 156 cm³/mol. The first-order valence-corrected chi connectivity index (χ1v) is 13.5. The van der Waals surface area contributed by atoms with Crippen LogP contribution >= 0.6 is 11.6 Å². The highest BCUT2D eigenvalue weighted by Crippen LogP contribution is 2.33. The second kappa shape index (κ2) is 14.4. The lowest BCUT2D eigenvalue weighted by molar-refractivity contribution is 0.385. The Labute approximate surface area is 233 Å². The maximum atomic E-state index is 11.5. The van der Waals surface area contributed by atoms with Crippen molar-refractivity contribution in [3.05, 3.63) is 40.0 Å². The molecule has 2 N–H and O–H groups in total. The van der Waals surface area contributed by atoms with E-state index in [1.807, 2.05) is 19.2 Å². The Hall–Kier alpha value is -3.71. The molecule has 11 heteroatoms. The van der Waals surface area contributed by atoms with Gasteiger partial charge in [0.1, 0.15) is 5.69 Å². The monoisotopic (exact) mass is 554 g/mol. The summed E-state index contributed by atoms with van der Waals surface area (Å²) in [5.41, 5.74) is 3.24. The van der Waals surface area contributed by atoms with Crippen LogP contribution in [0.1, 0.15) is 51.9 Å². The smallest absolute Gasteiger partial charge is 0.340 e. The second-order valence-corrected chi connectivity index (χ2v) is 9.99. The Morgan fingerprint density at radius 1 is 1.03 bits per heavy atom. The molecule has 0 atom stereocenters. The lowest BCUT2D eigenvalue weighted by Gasteiger charge is -2.16. The molecule has 0 spiro atoms. The number of nitrogens with zero attached hydrogens (tertiary/aromatic N) is 6. The van der Waals surface area contributed by atoms with Gasteiger partial charge in [-0.05, 0) is 30.9 Å². The van der Waals surface area contributed by atoms with Crippen LogP contribution in [0.4, 0.5) is 10.3 Å². The predicted octanol–water partition coefficient (Wildman–Crippen LogP) is 5.78. The molecule has 6 rings (SSSR count). The van der Waals surface area contributed by atoms with Crippen LogP contribution in [0.5, 0.6) is 0 Å². The molecule has 0 aromatic carbocycles. The summed E-state index contributed by atoms with van der Waals surface area (Å²) in [6.07, 6.45) is 21.1. The van der Waals surface area contributed by atoms with Gasteiger partial charge in [0.2, 0.25) is 5.95 Å². The van der Waals surface area contributed by atoms with Gasteiger partial charge in [-0.15, -0.1) is 12.8 Å². The summed E-state index contributed by atoms with van der Waals surface area (Å²) < 4.78 is 11.6. The van der Waals surface area contributed by atoms with Gasteiger partial charge in [-0.1, -0.05) is 50.6 Å². The maximum Gasteiger partial charge on any atom is 0.340 e. The molecule has 0 unspecified atom stereocenters. The van der Waals surface area contributed by atoms with Gasteiger partial charge >= 0.3 is 5.69 Å². The summed E-state index contributed by atoms with van der Waals surface area (Å²) >= 11 is 6.17. The number of alkyl halides is 1. The first kappa shape index (κ1) is 29.8. The topological polar surface area (TPSA) is 108 Å². The number of hydrogen-bond donors (Lipinski definition) is 2. The van der Waals surface area contributed by atoms with Gasteiger partial charge in [-0.3, -0.25) is 14.4 Å². The normalized spacial score (nSPS) is 15.0. The highest BCUT2D eigenvalue weighted by atomic mass is 35.5. The number of anilines is 1. The van der Waals surface area contributed by atoms with Crippen LogP contribution in [-0.2, 0) is 7.05 Å². The number of aryl methyl sites for hydroxylation is 1. The van der Waals surface area contributed by atoms with Crippen molar-refractivity contribution in [1.82, 2.24) is 34.7 Å². The van der Waals surface area contributed by atoms with E-state index in [0.29, 0.717) is 29.4 Å². The molecule has 39 heavy (non-hydrogen) atoms. The minimum Gasteiger partial charge on any atom is -0.342 e. The number of aromatic nitrogens is 7. The van der Waals surface area contributed by atoms with Crippen LogP contribution in [0.2, 0.25) is 5.02 Å². The van der Waals surface area contributed by atoms with Gasteiger partial charge in [-0.25, -0.2) is 19.9 Å². The number of aromatic amines is 2. The van der Waals surface area contributed by atoms with Crippen LogP contribution in [-0.4, -0.2) is 55.0 Å². The number of terminal acetylenes is 1. The highest BCUT2D eigenvalue weighted by Gasteiger charge is 2.23. The van der Waals surface area contributed by atoms with Crippen molar-refractivity contribution in [2.24, 2.45) is 13.0 Å². The maximum absolute atomic E-state index is 11.5. The first-order chi connectivity index (χ1) is 19.0. The van der Waals surface area contributed by atoms with Crippen LogP contribution in [0.15, 0.2) is 29.3 Å². The standard InChI is InChI=1S/C18H17ClN8O.C7H14.C2H2.CH3F/c1-26-15-12(22-18(26)27-4-2-3-5-27)7-13(16-23-17(28)25-24-16)21-14(15)10-6-11(19)9-20-8-10;1-7-5-3-2-4-6-7;2*1-2/h6-9H,2-5H2,1H3,(H2,23,24,25,28);7H,2-6H2,1H3;1-2H;1H3. The largest absolute Gasteiger partial charge is 0.342 e. The zero-order chi connectivity index (χ0) is 28.4. The summed E-state index contributed by atoms with van der Waals surface area (Å²) in [5.74, 6) is 2.29. The minimum absolute atomic E-state index is 0.358. The van der Waals surface area contributed by atoms with E-state index in [-0.39, 0.29) is 5.69 Å². The Morgan fingerprint density at radius 2 is 1.72 bits per heavy atom. The van der Waals surface area contributed by atoms with E-state index in [1.54, 1.807) is 12.4 Å². The molecule has 2 aliphatic rings. The number of H-pyrrole nitrogens is 2. The number of nitrogens with one attached hydrogen (secondary N) is 2. The van der Waals surface area contributed by atoms with Crippen molar-refractivity contribution < 1.29 is 4.39 Å². The van der Waals surface area contributed by atoms with Gasteiger partial charge in [0, 0.05) is 38.1 Å². The van der Waals surface area contributed by atoms with Crippen molar-refractivity contribution >= 4 is 28.6 Å². The van der Waals surface area contributed by atoms with Crippen molar-refractivity contribution in [1.29, 1.82) is 0 Å². The van der Waals surface area contributed by atoms with E-state index >= 15 is 0 Å². The molecule has 4 aromatic heterocycles. The molecule has 0 bridgehead atoms. The molecule has 1 aliphatic heterocycles. The Bertz CT molecular complexity index is 1410. The molecule has 9 nitrogen and oxygen atoms in total. The van der Waals surface area contributed by atoms with Crippen molar-refractivity contribution in [3.63, 3.8) is 0 Å². The minimum atomic E-state index is -0.387. The summed E-state index contributed by atoms with van der Waals surface area (Å²) in [5, 5.41) is 6.91. The molecule has 0 amide bonds. The van der Waals surface area contributed by atoms with Gasteiger partial charge < -0.3 is 9.47 Å². The average Bonchev–Trinajstić information content (AvgIpc) is 3.72. The van der Waals surface area contributed by atoms with E-state index in [1.165, 1.54) is 32.1 Å². The highest BCUT2D eigenvalue weighted by molar-refractivity contribution is 6.30. The molecular formula is C28H36ClFN8O. The fourth-order valence-electron chi connectivity index (χ4n) is 4.99. The van der Waals surface area contributed by atoms with E-state index in [2.05, 4.69) is 49.4 Å². The second-order valence-electron chi connectivity index (χ2n) is 9.55. The number of rotatable bonds is 3. The molecule has 5 heterocycles. The molecular weight excluding hydrogens is 519 g/mol. The number of hydrogen-bond acceptors (Lipinski definition) is 6. The number of fused-ring (bicyclic) bond motifs is 1. The third-order valence-corrected chi connectivity index (χ3v) is 7.04. The van der Waals surface area contributed by atoms with E-state index < -0.39 is 0 Å². The molecule has 4 aromatic rings. The average molecular weight is 555 g/mol. The third kappa shape index (κ3) is 7.24.